The quantitative estimate of drug-likeness (QED) is 0.308. The fraction of sp³-hybridized carbons (Fsp3) is 0.481. The number of hydrogen-bond acceptors (Lipinski definition) is 3. The third kappa shape index (κ3) is 6.38. The zero-order chi connectivity index (χ0) is 22.5. The standard InChI is InChI=1S/C27H33ClN2O2.ClH/c1-29(17-14-20-8-4-5-10-24(20)28)15-6-2-3-11-25(31)23-18-21-9-7-16-30-26(32)13-12-22(19-23)27(21)30;/h4-5,8,10,18-19H,2-3,6-7,9,11-17H2,1H3;1H. The van der Waals surface area contributed by atoms with Crippen molar-refractivity contribution in [1.29, 1.82) is 0 Å². The van der Waals surface area contributed by atoms with Gasteiger partial charge in [-0.1, -0.05) is 36.2 Å². The van der Waals surface area contributed by atoms with Gasteiger partial charge in [-0.25, -0.2) is 0 Å². The zero-order valence-electron chi connectivity index (χ0n) is 19.4. The number of Topliss-reactive ketones (excluding diaryl/α,β-unsaturated/α-hetero) is 1. The number of likely N-dealkylation sites (N-methyl/N-ethyl adjacent to an activating group) is 1. The van der Waals surface area contributed by atoms with Gasteiger partial charge in [0.25, 0.3) is 0 Å². The summed E-state index contributed by atoms with van der Waals surface area (Å²) < 4.78 is 0. The molecule has 1 amide bonds. The van der Waals surface area contributed by atoms with Crippen molar-refractivity contribution in [2.45, 2.75) is 57.8 Å². The topological polar surface area (TPSA) is 40.6 Å². The van der Waals surface area contributed by atoms with Crippen LogP contribution in [0.1, 0.15) is 65.6 Å². The molecule has 2 heterocycles. The van der Waals surface area contributed by atoms with E-state index < -0.39 is 0 Å². The second kappa shape index (κ2) is 12.0. The molecule has 33 heavy (non-hydrogen) atoms. The molecule has 0 bridgehead atoms. The van der Waals surface area contributed by atoms with Gasteiger partial charge in [0.2, 0.25) is 5.91 Å². The molecule has 178 valence electrons. The second-order valence-corrected chi connectivity index (χ2v) is 9.58. The maximum absolute atomic E-state index is 12.8. The molecule has 0 spiro atoms. The summed E-state index contributed by atoms with van der Waals surface area (Å²) in [6.45, 7) is 2.84. The molecule has 4 nitrogen and oxygen atoms in total. The number of unbranched alkanes of at least 4 members (excludes halogenated alkanes) is 2. The number of rotatable bonds is 10. The van der Waals surface area contributed by atoms with E-state index in [0.29, 0.717) is 12.8 Å². The van der Waals surface area contributed by atoms with Crippen molar-refractivity contribution in [3.05, 3.63) is 63.7 Å². The smallest absolute Gasteiger partial charge is 0.227 e. The van der Waals surface area contributed by atoms with Gasteiger partial charge in [-0.2, -0.15) is 0 Å². The lowest BCUT2D eigenvalue weighted by Crippen LogP contribution is -2.39. The lowest BCUT2D eigenvalue weighted by molar-refractivity contribution is -0.119. The van der Waals surface area contributed by atoms with Gasteiger partial charge < -0.3 is 9.80 Å². The molecule has 6 heteroatoms. The van der Waals surface area contributed by atoms with Crippen molar-refractivity contribution in [1.82, 2.24) is 4.90 Å². The predicted octanol–water partition coefficient (Wildman–Crippen LogP) is 5.90. The van der Waals surface area contributed by atoms with E-state index in [9.17, 15) is 9.59 Å². The predicted molar refractivity (Wildman–Crippen MR) is 138 cm³/mol. The second-order valence-electron chi connectivity index (χ2n) is 9.17. The largest absolute Gasteiger partial charge is 0.312 e. The monoisotopic (exact) mass is 488 g/mol. The van der Waals surface area contributed by atoms with Crippen molar-refractivity contribution in [2.75, 3.05) is 31.6 Å². The number of carbonyl (C=O) groups is 2. The maximum atomic E-state index is 12.8. The summed E-state index contributed by atoms with van der Waals surface area (Å²) in [5.41, 5.74) is 5.51. The summed E-state index contributed by atoms with van der Waals surface area (Å²) >= 11 is 6.24. The Hall–Kier alpha value is -1.88. The molecule has 0 atom stereocenters. The average Bonchev–Trinajstić information content (AvgIpc) is 2.80. The van der Waals surface area contributed by atoms with Crippen LogP contribution in [-0.2, 0) is 24.1 Å². The van der Waals surface area contributed by atoms with Gasteiger partial charge in [0.05, 0.1) is 5.69 Å². The number of amides is 1. The molecular formula is C27H34Cl2N2O2. The minimum Gasteiger partial charge on any atom is -0.312 e. The van der Waals surface area contributed by atoms with E-state index in [1.807, 2.05) is 23.1 Å². The van der Waals surface area contributed by atoms with Crippen LogP contribution in [0, 0.1) is 0 Å². The molecule has 2 aliphatic heterocycles. The van der Waals surface area contributed by atoms with Gasteiger partial charge in [0, 0.05) is 36.5 Å². The van der Waals surface area contributed by atoms with Crippen LogP contribution >= 0.6 is 24.0 Å². The number of ketones is 1. The van der Waals surface area contributed by atoms with Crippen LogP contribution in [0.3, 0.4) is 0 Å². The van der Waals surface area contributed by atoms with Gasteiger partial charge >= 0.3 is 0 Å². The Morgan fingerprint density at radius 3 is 2.58 bits per heavy atom. The van der Waals surface area contributed by atoms with Crippen molar-refractivity contribution >= 4 is 41.4 Å². The Morgan fingerprint density at radius 2 is 1.79 bits per heavy atom. The number of nitrogens with zero attached hydrogens (tertiary/aromatic N) is 2. The van der Waals surface area contributed by atoms with E-state index in [4.69, 9.17) is 11.6 Å². The first-order chi connectivity index (χ1) is 15.5. The van der Waals surface area contributed by atoms with Crippen molar-refractivity contribution < 1.29 is 9.59 Å². The zero-order valence-corrected chi connectivity index (χ0v) is 21.0. The van der Waals surface area contributed by atoms with E-state index in [-0.39, 0.29) is 24.1 Å². The third-order valence-corrected chi connectivity index (χ3v) is 7.13. The molecule has 0 aromatic heterocycles. The summed E-state index contributed by atoms with van der Waals surface area (Å²) in [5, 5.41) is 0.843. The molecule has 0 saturated carbocycles. The molecule has 4 rings (SSSR count). The SMILES string of the molecule is CN(CCCCCC(=O)c1cc2c3c(c1)CCC(=O)N3CCC2)CCc1ccccc1Cl.Cl. The number of benzene rings is 2. The first kappa shape index (κ1) is 25.7. The molecule has 0 fully saturated rings. The summed E-state index contributed by atoms with van der Waals surface area (Å²) in [6, 6.07) is 12.1. The van der Waals surface area contributed by atoms with Gasteiger partial charge in [-0.15, -0.1) is 12.4 Å². The van der Waals surface area contributed by atoms with Gasteiger partial charge in [0.15, 0.2) is 5.78 Å². The summed E-state index contributed by atoms with van der Waals surface area (Å²) in [4.78, 5) is 29.3. The number of halogens is 2. The highest BCUT2D eigenvalue weighted by molar-refractivity contribution is 6.31. The van der Waals surface area contributed by atoms with Crippen LogP contribution in [0.4, 0.5) is 5.69 Å². The molecule has 2 aromatic rings. The van der Waals surface area contributed by atoms with Crippen LogP contribution in [0.15, 0.2) is 36.4 Å². The van der Waals surface area contributed by atoms with E-state index in [2.05, 4.69) is 30.1 Å². The van der Waals surface area contributed by atoms with E-state index in [0.717, 1.165) is 80.9 Å². The van der Waals surface area contributed by atoms with Crippen molar-refractivity contribution in [3.63, 3.8) is 0 Å². The first-order valence-electron chi connectivity index (χ1n) is 11.9. The Morgan fingerprint density at radius 1 is 1.03 bits per heavy atom. The summed E-state index contributed by atoms with van der Waals surface area (Å²) in [6.07, 6.45) is 7.92. The first-order valence-corrected chi connectivity index (χ1v) is 12.3. The van der Waals surface area contributed by atoms with Crippen LogP contribution in [0.2, 0.25) is 5.02 Å². The van der Waals surface area contributed by atoms with Crippen LogP contribution < -0.4 is 4.90 Å². The van der Waals surface area contributed by atoms with E-state index >= 15 is 0 Å². The highest BCUT2D eigenvalue weighted by Gasteiger charge is 2.30. The molecule has 0 unspecified atom stereocenters. The molecule has 0 N–H and O–H groups in total. The number of aryl methyl sites for hydroxylation is 2. The molecule has 0 radical (unpaired) electrons. The van der Waals surface area contributed by atoms with Crippen LogP contribution in [0.5, 0.6) is 0 Å². The van der Waals surface area contributed by atoms with Crippen LogP contribution in [-0.4, -0.2) is 43.3 Å². The van der Waals surface area contributed by atoms with Crippen LogP contribution in [0.25, 0.3) is 0 Å². The minimum absolute atomic E-state index is 0. The maximum Gasteiger partial charge on any atom is 0.227 e. The molecule has 0 saturated heterocycles. The highest BCUT2D eigenvalue weighted by atomic mass is 35.5. The lowest BCUT2D eigenvalue weighted by atomic mass is 9.88. The fourth-order valence-corrected chi connectivity index (χ4v) is 5.16. The molecule has 2 aliphatic rings. The number of hydrogen-bond donors (Lipinski definition) is 0. The Kier molecular flexibility index (Phi) is 9.37. The fourth-order valence-electron chi connectivity index (χ4n) is 4.93. The Balaban J connectivity index is 0.00000306. The third-order valence-electron chi connectivity index (χ3n) is 6.76. The average molecular weight is 489 g/mol. The Bertz CT molecular complexity index is 975. The number of anilines is 1. The lowest BCUT2D eigenvalue weighted by Gasteiger charge is -2.35. The van der Waals surface area contributed by atoms with Gasteiger partial charge in [0.1, 0.15) is 0 Å². The molecule has 0 aliphatic carbocycles. The van der Waals surface area contributed by atoms with Crippen molar-refractivity contribution in [3.8, 4) is 0 Å². The van der Waals surface area contributed by atoms with Gasteiger partial charge in [-0.3, -0.25) is 9.59 Å². The summed E-state index contributed by atoms with van der Waals surface area (Å²) in [7, 11) is 2.15. The minimum atomic E-state index is 0. The van der Waals surface area contributed by atoms with E-state index in [1.54, 1.807) is 0 Å². The highest BCUT2D eigenvalue weighted by Crippen LogP contribution is 2.36. The molecular weight excluding hydrogens is 455 g/mol. The van der Waals surface area contributed by atoms with Gasteiger partial charge in [-0.05, 0) is 87.0 Å². The molecule has 2 aromatic carbocycles. The summed E-state index contributed by atoms with van der Waals surface area (Å²) in [5.74, 6) is 0.472. The van der Waals surface area contributed by atoms with E-state index in [1.165, 1.54) is 16.7 Å². The number of carbonyl (C=O) groups excluding carboxylic acids is 2. The normalized spacial score (nSPS) is 14.8. The van der Waals surface area contributed by atoms with Crippen molar-refractivity contribution in [2.24, 2.45) is 0 Å². The Labute approximate surface area is 208 Å².